The molecule has 0 saturated heterocycles. The number of hydrogen-bond donors (Lipinski definition) is 1. The molecule has 3 aromatic carbocycles. The molecule has 112 valence electrons. The topological polar surface area (TPSA) is 46.5 Å². The number of para-hydroxylation sites is 1. The Morgan fingerprint density at radius 1 is 0.955 bits per heavy atom. The number of carbonyl (C=O) groups is 1. The second kappa shape index (κ2) is 7.84. The second-order valence-electron chi connectivity index (χ2n) is 4.59. The maximum Gasteiger partial charge on any atom is 0.153 e. The number of fused-ring (bicyclic) bond motifs is 1. The van der Waals surface area contributed by atoms with E-state index in [1.54, 1.807) is 18.2 Å². The first kappa shape index (κ1) is 15.6. The third kappa shape index (κ3) is 3.85. The predicted molar refractivity (Wildman–Crippen MR) is 88.6 cm³/mol. The fourth-order valence-electron chi connectivity index (χ4n) is 2.07. The molecule has 3 heteroatoms. The molecule has 0 aliphatic rings. The summed E-state index contributed by atoms with van der Waals surface area (Å²) in [5.74, 6) is 1.01. The zero-order chi connectivity index (χ0) is 15.8. The highest BCUT2D eigenvalue weighted by Gasteiger charge is 1.98. The van der Waals surface area contributed by atoms with Gasteiger partial charge in [-0.1, -0.05) is 48.5 Å². The molecule has 0 heterocycles. The van der Waals surface area contributed by atoms with Gasteiger partial charge in [0, 0.05) is 5.39 Å². The van der Waals surface area contributed by atoms with Crippen molar-refractivity contribution >= 4 is 17.1 Å². The first-order valence-electron chi connectivity index (χ1n) is 7.10. The van der Waals surface area contributed by atoms with Crippen LogP contribution in [0.3, 0.4) is 0 Å². The summed E-state index contributed by atoms with van der Waals surface area (Å²) >= 11 is 0. The Morgan fingerprint density at radius 3 is 2.36 bits per heavy atom. The van der Waals surface area contributed by atoms with Crippen LogP contribution in [0.4, 0.5) is 0 Å². The van der Waals surface area contributed by atoms with E-state index in [2.05, 4.69) is 0 Å². The van der Waals surface area contributed by atoms with Gasteiger partial charge in [-0.3, -0.25) is 4.79 Å². The Bertz CT molecular complexity index is 745. The van der Waals surface area contributed by atoms with Gasteiger partial charge in [0.1, 0.15) is 11.5 Å². The van der Waals surface area contributed by atoms with E-state index in [-0.39, 0.29) is 0 Å². The lowest BCUT2D eigenvalue weighted by Gasteiger charge is -2.03. The minimum Gasteiger partial charge on any atom is -0.507 e. The molecule has 0 unspecified atom stereocenters. The molecule has 0 aromatic heterocycles. The Kier molecular flexibility index (Phi) is 5.55. The van der Waals surface area contributed by atoms with Crippen molar-refractivity contribution in [3.05, 3.63) is 72.3 Å². The molecular formula is C19H18O3. The number of ether oxygens (including phenoxy) is 1. The fourth-order valence-corrected chi connectivity index (χ4v) is 2.07. The summed E-state index contributed by atoms with van der Waals surface area (Å²) in [6, 6.07) is 20.5. The van der Waals surface area contributed by atoms with Crippen LogP contribution in [0.5, 0.6) is 11.5 Å². The van der Waals surface area contributed by atoms with Crippen molar-refractivity contribution in [2.45, 2.75) is 6.92 Å². The van der Waals surface area contributed by atoms with Crippen LogP contribution >= 0.6 is 0 Å². The van der Waals surface area contributed by atoms with Gasteiger partial charge >= 0.3 is 0 Å². The first-order chi connectivity index (χ1) is 10.8. The van der Waals surface area contributed by atoms with Crippen molar-refractivity contribution in [3.63, 3.8) is 0 Å². The number of benzene rings is 3. The van der Waals surface area contributed by atoms with E-state index in [9.17, 15) is 9.90 Å². The summed E-state index contributed by atoms with van der Waals surface area (Å²) in [5, 5.41) is 11.4. The molecule has 3 nitrogen and oxygen atoms in total. The van der Waals surface area contributed by atoms with Crippen LogP contribution < -0.4 is 4.74 Å². The number of rotatable bonds is 3. The summed E-state index contributed by atoms with van der Waals surface area (Å²) in [6.45, 7) is 2.48. The van der Waals surface area contributed by atoms with E-state index >= 15 is 0 Å². The fraction of sp³-hybridized carbons (Fsp3) is 0.105. The Balaban J connectivity index is 0.000000160. The SMILES string of the molecule is CCOc1ccccc1C=O.Oc1cccc2ccccc12. The molecule has 0 saturated carbocycles. The molecule has 0 bridgehead atoms. The average molecular weight is 294 g/mol. The lowest BCUT2D eigenvalue weighted by atomic mass is 10.1. The van der Waals surface area contributed by atoms with Gasteiger partial charge in [0.2, 0.25) is 0 Å². The highest BCUT2D eigenvalue weighted by atomic mass is 16.5. The van der Waals surface area contributed by atoms with Crippen molar-refractivity contribution in [2.24, 2.45) is 0 Å². The van der Waals surface area contributed by atoms with Crippen LogP contribution in [-0.4, -0.2) is 18.0 Å². The molecule has 0 fully saturated rings. The molecule has 0 aliphatic heterocycles. The van der Waals surface area contributed by atoms with Crippen LogP contribution in [0.2, 0.25) is 0 Å². The minimum atomic E-state index is 0.350. The van der Waals surface area contributed by atoms with Crippen molar-refractivity contribution in [2.75, 3.05) is 6.61 Å². The maximum absolute atomic E-state index is 10.4. The van der Waals surface area contributed by atoms with E-state index in [4.69, 9.17) is 4.74 Å². The van der Waals surface area contributed by atoms with Crippen LogP contribution in [0, 0.1) is 0 Å². The summed E-state index contributed by atoms with van der Waals surface area (Å²) in [4.78, 5) is 10.4. The zero-order valence-electron chi connectivity index (χ0n) is 12.4. The normalized spacial score (nSPS) is 9.68. The van der Waals surface area contributed by atoms with E-state index in [0.29, 0.717) is 23.7 Å². The number of aromatic hydroxyl groups is 1. The quantitative estimate of drug-likeness (QED) is 0.726. The number of aldehydes is 1. The maximum atomic E-state index is 10.4. The molecule has 0 aliphatic carbocycles. The molecule has 0 spiro atoms. The van der Waals surface area contributed by atoms with Crippen molar-refractivity contribution in [3.8, 4) is 11.5 Å². The molecule has 3 aromatic rings. The standard InChI is InChI=1S/C10H8O.C9H10O2/c11-10-7-3-5-8-4-1-2-6-9(8)10;1-2-11-9-6-4-3-5-8(9)7-10/h1-7,11H;3-7H,2H2,1H3. The summed E-state index contributed by atoms with van der Waals surface area (Å²) in [6.07, 6.45) is 0.797. The van der Waals surface area contributed by atoms with Gasteiger partial charge in [-0.2, -0.15) is 0 Å². The second-order valence-corrected chi connectivity index (χ2v) is 4.59. The smallest absolute Gasteiger partial charge is 0.153 e. The highest BCUT2D eigenvalue weighted by Crippen LogP contribution is 2.22. The van der Waals surface area contributed by atoms with Gasteiger partial charge in [-0.05, 0) is 30.5 Å². The Labute approximate surface area is 129 Å². The zero-order valence-corrected chi connectivity index (χ0v) is 12.4. The van der Waals surface area contributed by atoms with Gasteiger partial charge in [-0.25, -0.2) is 0 Å². The van der Waals surface area contributed by atoms with Gasteiger partial charge in [-0.15, -0.1) is 0 Å². The molecule has 22 heavy (non-hydrogen) atoms. The number of hydrogen-bond acceptors (Lipinski definition) is 3. The Hall–Kier alpha value is -2.81. The lowest BCUT2D eigenvalue weighted by Crippen LogP contribution is -1.94. The molecule has 0 radical (unpaired) electrons. The average Bonchev–Trinajstić information content (AvgIpc) is 2.57. The molecular weight excluding hydrogens is 276 g/mol. The van der Waals surface area contributed by atoms with Crippen molar-refractivity contribution in [1.29, 1.82) is 0 Å². The van der Waals surface area contributed by atoms with Gasteiger partial charge < -0.3 is 9.84 Å². The van der Waals surface area contributed by atoms with Crippen molar-refractivity contribution < 1.29 is 14.6 Å². The summed E-state index contributed by atoms with van der Waals surface area (Å²) in [7, 11) is 0. The van der Waals surface area contributed by atoms with Gasteiger partial charge in [0.15, 0.2) is 6.29 Å². The molecule has 1 N–H and O–H groups in total. The number of carbonyl (C=O) groups excluding carboxylic acids is 1. The van der Waals surface area contributed by atoms with Gasteiger partial charge in [0.25, 0.3) is 0 Å². The Morgan fingerprint density at radius 2 is 1.64 bits per heavy atom. The predicted octanol–water partition coefficient (Wildman–Crippen LogP) is 4.44. The van der Waals surface area contributed by atoms with Gasteiger partial charge in [0.05, 0.1) is 12.2 Å². The monoisotopic (exact) mass is 294 g/mol. The van der Waals surface area contributed by atoms with Crippen molar-refractivity contribution in [1.82, 2.24) is 0 Å². The van der Waals surface area contributed by atoms with E-state index < -0.39 is 0 Å². The first-order valence-corrected chi connectivity index (χ1v) is 7.10. The van der Waals surface area contributed by atoms with Crippen LogP contribution in [0.1, 0.15) is 17.3 Å². The lowest BCUT2D eigenvalue weighted by molar-refractivity contribution is 0.112. The largest absolute Gasteiger partial charge is 0.507 e. The minimum absolute atomic E-state index is 0.350. The molecule has 0 amide bonds. The van der Waals surface area contributed by atoms with E-state index in [0.717, 1.165) is 17.1 Å². The van der Waals surface area contributed by atoms with E-state index in [1.165, 1.54) is 0 Å². The van der Waals surface area contributed by atoms with Crippen LogP contribution in [0.15, 0.2) is 66.7 Å². The number of phenols is 1. The van der Waals surface area contributed by atoms with E-state index in [1.807, 2.05) is 55.5 Å². The van der Waals surface area contributed by atoms with Crippen LogP contribution in [0.25, 0.3) is 10.8 Å². The number of phenolic OH excluding ortho intramolecular Hbond substituents is 1. The van der Waals surface area contributed by atoms with Crippen LogP contribution in [-0.2, 0) is 0 Å². The third-order valence-electron chi connectivity index (χ3n) is 3.11. The molecule has 3 rings (SSSR count). The highest BCUT2D eigenvalue weighted by molar-refractivity contribution is 5.87. The summed E-state index contributed by atoms with van der Waals surface area (Å²) < 4.78 is 5.20. The third-order valence-corrected chi connectivity index (χ3v) is 3.11. The summed E-state index contributed by atoms with van der Waals surface area (Å²) in [5.41, 5.74) is 0.606. The molecule has 0 atom stereocenters.